The molecule has 5 nitrogen and oxygen atoms in total. The van der Waals surface area contributed by atoms with Crippen molar-refractivity contribution in [2.45, 2.75) is 25.8 Å². The Kier molecular flexibility index (Phi) is 6.27. The van der Waals surface area contributed by atoms with E-state index in [1.54, 1.807) is 10.9 Å². The van der Waals surface area contributed by atoms with Gasteiger partial charge in [-0.05, 0) is 51.1 Å². The monoisotopic (exact) mass is 368 g/mol. The molecule has 2 aromatic rings. The Hall–Kier alpha value is -1.56. The summed E-state index contributed by atoms with van der Waals surface area (Å²) in [7, 11) is 1.95. The van der Waals surface area contributed by atoms with Crippen LogP contribution in [0.25, 0.3) is 5.69 Å². The maximum absolute atomic E-state index is 12.8. The molecule has 7 heteroatoms. The molecule has 2 heterocycles. The minimum Gasteiger partial charge on any atom is -0.337 e. The molecule has 1 unspecified atom stereocenters. The number of amides is 1. The zero-order valence-electron chi connectivity index (χ0n) is 13.8. The Bertz CT molecular complexity index is 699. The molecule has 1 fully saturated rings. The quantitative estimate of drug-likeness (QED) is 0.905. The predicted octanol–water partition coefficient (Wildman–Crippen LogP) is 3.08. The van der Waals surface area contributed by atoms with Crippen LogP contribution in [0.1, 0.15) is 28.9 Å². The van der Waals surface area contributed by atoms with E-state index in [4.69, 9.17) is 11.6 Å². The average Bonchev–Trinajstić information content (AvgIpc) is 2.96. The molecular weight excluding hydrogens is 347 g/mol. The molecule has 1 aromatic carbocycles. The van der Waals surface area contributed by atoms with Crippen LogP contribution in [0.4, 0.5) is 0 Å². The first-order valence-electron chi connectivity index (χ1n) is 7.87. The van der Waals surface area contributed by atoms with E-state index in [-0.39, 0.29) is 18.3 Å². The molecule has 1 aliphatic rings. The molecule has 1 aliphatic heterocycles. The highest BCUT2D eigenvalue weighted by Crippen LogP contribution is 2.20. The van der Waals surface area contributed by atoms with Gasteiger partial charge in [-0.1, -0.05) is 11.6 Å². The highest BCUT2D eigenvalue weighted by atomic mass is 35.5. The van der Waals surface area contributed by atoms with Crippen molar-refractivity contribution in [1.82, 2.24) is 20.0 Å². The van der Waals surface area contributed by atoms with Crippen molar-refractivity contribution < 1.29 is 4.79 Å². The molecule has 1 amide bonds. The van der Waals surface area contributed by atoms with E-state index in [0.717, 1.165) is 37.3 Å². The zero-order valence-corrected chi connectivity index (χ0v) is 15.4. The summed E-state index contributed by atoms with van der Waals surface area (Å²) in [5.74, 6) is 0.0580. The molecule has 24 heavy (non-hydrogen) atoms. The van der Waals surface area contributed by atoms with E-state index < -0.39 is 0 Å². The van der Waals surface area contributed by atoms with Crippen LogP contribution in [0.15, 0.2) is 30.5 Å². The number of rotatable bonds is 3. The molecule has 130 valence electrons. The van der Waals surface area contributed by atoms with Gasteiger partial charge in [-0.2, -0.15) is 5.10 Å². The van der Waals surface area contributed by atoms with Crippen molar-refractivity contribution in [3.8, 4) is 5.69 Å². The fourth-order valence-corrected chi connectivity index (χ4v) is 3.16. The second kappa shape index (κ2) is 8.01. The molecule has 0 aliphatic carbocycles. The molecule has 1 N–H and O–H groups in total. The number of carbonyl (C=O) groups excluding carboxylic acids is 1. The van der Waals surface area contributed by atoms with Gasteiger partial charge >= 0.3 is 0 Å². The van der Waals surface area contributed by atoms with Crippen molar-refractivity contribution in [2.24, 2.45) is 0 Å². The molecule has 0 radical (unpaired) electrons. The van der Waals surface area contributed by atoms with Crippen LogP contribution in [0, 0.1) is 6.92 Å². The number of nitrogens with one attached hydrogen (secondary N) is 1. The summed E-state index contributed by atoms with van der Waals surface area (Å²) in [6, 6.07) is 7.81. The number of likely N-dealkylation sites (N-methyl/N-ethyl adjacent to an activating group) is 1. The van der Waals surface area contributed by atoms with Gasteiger partial charge in [0.25, 0.3) is 5.91 Å². The van der Waals surface area contributed by atoms with Crippen LogP contribution >= 0.6 is 24.0 Å². The van der Waals surface area contributed by atoms with Crippen LogP contribution in [0.5, 0.6) is 0 Å². The normalized spacial score (nSPS) is 17.5. The van der Waals surface area contributed by atoms with Crippen molar-refractivity contribution in [3.05, 3.63) is 46.7 Å². The van der Waals surface area contributed by atoms with Crippen LogP contribution in [0.2, 0.25) is 5.02 Å². The van der Waals surface area contributed by atoms with E-state index in [2.05, 4.69) is 10.4 Å². The van der Waals surface area contributed by atoms with Crippen molar-refractivity contribution in [3.63, 3.8) is 0 Å². The zero-order chi connectivity index (χ0) is 16.4. The maximum Gasteiger partial charge on any atom is 0.257 e. The van der Waals surface area contributed by atoms with Gasteiger partial charge in [0, 0.05) is 24.2 Å². The largest absolute Gasteiger partial charge is 0.337 e. The lowest BCUT2D eigenvalue weighted by Gasteiger charge is -2.32. The number of hydrogen-bond acceptors (Lipinski definition) is 3. The topological polar surface area (TPSA) is 50.2 Å². The van der Waals surface area contributed by atoms with Crippen molar-refractivity contribution in [2.75, 3.05) is 20.1 Å². The van der Waals surface area contributed by atoms with Gasteiger partial charge in [-0.15, -0.1) is 12.4 Å². The fourth-order valence-electron chi connectivity index (χ4n) is 3.03. The summed E-state index contributed by atoms with van der Waals surface area (Å²) in [4.78, 5) is 14.7. The van der Waals surface area contributed by atoms with Gasteiger partial charge in [0.05, 0.1) is 23.1 Å². The lowest BCUT2D eigenvalue weighted by atomic mass is 10.0. The third kappa shape index (κ3) is 3.74. The van der Waals surface area contributed by atoms with E-state index in [9.17, 15) is 4.79 Å². The van der Waals surface area contributed by atoms with Gasteiger partial charge < -0.3 is 10.2 Å². The van der Waals surface area contributed by atoms with Gasteiger partial charge in [-0.3, -0.25) is 4.79 Å². The van der Waals surface area contributed by atoms with Crippen LogP contribution in [-0.2, 0) is 0 Å². The Morgan fingerprint density at radius 1 is 1.33 bits per heavy atom. The number of carbonyl (C=O) groups is 1. The Balaban J connectivity index is 0.00000208. The minimum absolute atomic E-state index is 0. The Labute approximate surface area is 153 Å². The van der Waals surface area contributed by atoms with Gasteiger partial charge in [-0.25, -0.2) is 4.68 Å². The van der Waals surface area contributed by atoms with E-state index in [0.29, 0.717) is 16.6 Å². The molecule has 0 spiro atoms. The molecule has 3 rings (SSSR count). The van der Waals surface area contributed by atoms with E-state index >= 15 is 0 Å². The van der Waals surface area contributed by atoms with Crippen LogP contribution < -0.4 is 5.32 Å². The Morgan fingerprint density at radius 3 is 2.71 bits per heavy atom. The summed E-state index contributed by atoms with van der Waals surface area (Å²) in [5.41, 5.74) is 2.42. The number of aromatic nitrogens is 2. The summed E-state index contributed by atoms with van der Waals surface area (Å²) in [6.07, 6.45) is 3.81. The summed E-state index contributed by atoms with van der Waals surface area (Å²) >= 11 is 5.93. The molecule has 1 aromatic heterocycles. The first-order chi connectivity index (χ1) is 11.1. The molecule has 0 bridgehead atoms. The predicted molar refractivity (Wildman–Crippen MR) is 98.5 cm³/mol. The minimum atomic E-state index is 0. The smallest absolute Gasteiger partial charge is 0.257 e. The SMILES string of the molecule is CNC1CCCN(C(=O)c2cnn(-c3ccc(Cl)cc3)c2C)C1.Cl. The third-order valence-corrected chi connectivity index (χ3v) is 4.68. The summed E-state index contributed by atoms with van der Waals surface area (Å²) < 4.78 is 1.78. The van der Waals surface area contributed by atoms with Crippen LogP contribution in [-0.4, -0.2) is 46.8 Å². The summed E-state index contributed by atoms with van der Waals surface area (Å²) in [5, 5.41) is 8.33. The molecule has 1 atom stereocenters. The second-order valence-electron chi connectivity index (χ2n) is 5.91. The standard InChI is InChI=1S/C17H21ClN4O.ClH/c1-12-16(17(23)21-9-3-4-14(11-21)19-2)10-20-22(12)15-7-5-13(18)6-8-15;/h5-8,10,14,19H,3-4,9,11H2,1-2H3;1H. The van der Waals surface area contributed by atoms with Crippen molar-refractivity contribution >= 4 is 29.9 Å². The first kappa shape index (κ1) is 18.8. The van der Waals surface area contributed by atoms with Gasteiger partial charge in [0.15, 0.2) is 0 Å². The second-order valence-corrected chi connectivity index (χ2v) is 6.35. The average molecular weight is 369 g/mol. The van der Waals surface area contributed by atoms with Gasteiger partial charge in [0.2, 0.25) is 0 Å². The lowest BCUT2D eigenvalue weighted by molar-refractivity contribution is 0.0697. The molecule has 1 saturated heterocycles. The molecule has 0 saturated carbocycles. The van der Waals surface area contributed by atoms with Crippen LogP contribution in [0.3, 0.4) is 0 Å². The number of piperidine rings is 1. The number of halogens is 2. The number of likely N-dealkylation sites (tertiary alicyclic amines) is 1. The number of nitrogens with zero attached hydrogens (tertiary/aromatic N) is 3. The Morgan fingerprint density at radius 2 is 2.04 bits per heavy atom. The highest BCUT2D eigenvalue weighted by molar-refractivity contribution is 6.30. The maximum atomic E-state index is 12.8. The van der Waals surface area contributed by atoms with Gasteiger partial charge in [0.1, 0.15) is 0 Å². The molecular formula is C17H22Cl2N4O. The first-order valence-corrected chi connectivity index (χ1v) is 8.25. The lowest BCUT2D eigenvalue weighted by Crippen LogP contribution is -2.47. The highest BCUT2D eigenvalue weighted by Gasteiger charge is 2.26. The number of hydrogen-bond donors (Lipinski definition) is 1. The van der Waals surface area contributed by atoms with E-state index in [1.807, 2.05) is 43.1 Å². The number of benzene rings is 1. The summed E-state index contributed by atoms with van der Waals surface area (Å²) in [6.45, 7) is 3.48. The van der Waals surface area contributed by atoms with Crippen molar-refractivity contribution in [1.29, 1.82) is 0 Å². The third-order valence-electron chi connectivity index (χ3n) is 4.43. The van der Waals surface area contributed by atoms with E-state index in [1.165, 1.54) is 0 Å². The fraction of sp³-hybridized carbons (Fsp3) is 0.412.